The molecule has 3 aromatic rings. The average molecular weight is 484 g/mol. The SMILES string of the molecule is CC(C)CC1C(=O)c2cnc(-c3ccccc3)nc2N(C(=O)CN2CCN(C)CC2)c2ccccc21. The van der Waals surface area contributed by atoms with Crippen molar-refractivity contribution >= 4 is 23.2 Å². The number of rotatable bonds is 5. The summed E-state index contributed by atoms with van der Waals surface area (Å²) in [6, 6.07) is 17.5. The van der Waals surface area contributed by atoms with Crippen LogP contribution in [0.25, 0.3) is 11.4 Å². The number of piperazine rings is 1. The Hall–Kier alpha value is -3.42. The van der Waals surface area contributed by atoms with Crippen molar-refractivity contribution < 1.29 is 9.59 Å². The van der Waals surface area contributed by atoms with Gasteiger partial charge in [-0.25, -0.2) is 9.97 Å². The molecule has 2 aliphatic rings. The number of ketones is 1. The molecule has 7 heteroatoms. The zero-order valence-corrected chi connectivity index (χ0v) is 21.2. The van der Waals surface area contributed by atoms with Crippen LogP contribution >= 0.6 is 0 Å². The molecule has 0 N–H and O–H groups in total. The van der Waals surface area contributed by atoms with Crippen molar-refractivity contribution in [2.24, 2.45) is 5.92 Å². The standard InChI is InChI=1S/C29H33N5O2/c1-20(2)17-23-22-11-7-8-12-25(22)34(26(35)19-33-15-13-32(3)14-16-33)29-24(27(23)36)18-30-28(31-29)21-9-5-4-6-10-21/h4-12,18,20,23H,13-17,19H2,1-3H3. The van der Waals surface area contributed by atoms with Gasteiger partial charge < -0.3 is 4.90 Å². The molecule has 36 heavy (non-hydrogen) atoms. The molecule has 0 spiro atoms. The number of benzene rings is 2. The maximum Gasteiger partial charge on any atom is 0.246 e. The lowest BCUT2D eigenvalue weighted by Gasteiger charge is -2.33. The van der Waals surface area contributed by atoms with Gasteiger partial charge in [0.05, 0.1) is 17.8 Å². The Bertz CT molecular complexity index is 1250. The first-order valence-electron chi connectivity index (χ1n) is 12.7. The lowest BCUT2D eigenvalue weighted by atomic mass is 9.85. The fourth-order valence-corrected chi connectivity index (χ4v) is 5.10. The van der Waals surface area contributed by atoms with Gasteiger partial charge in [0.25, 0.3) is 0 Å². The Morgan fingerprint density at radius 3 is 2.42 bits per heavy atom. The van der Waals surface area contributed by atoms with Crippen molar-refractivity contribution in [2.45, 2.75) is 26.2 Å². The molecule has 3 heterocycles. The smallest absolute Gasteiger partial charge is 0.246 e. The Labute approximate surface area is 212 Å². The Morgan fingerprint density at radius 1 is 1.00 bits per heavy atom. The molecule has 1 unspecified atom stereocenters. The van der Waals surface area contributed by atoms with E-state index in [-0.39, 0.29) is 24.2 Å². The minimum Gasteiger partial charge on any atom is -0.304 e. The number of carbonyl (C=O) groups is 2. The van der Waals surface area contributed by atoms with Crippen LogP contribution < -0.4 is 4.90 Å². The minimum atomic E-state index is -0.354. The van der Waals surface area contributed by atoms with E-state index in [4.69, 9.17) is 4.98 Å². The number of amides is 1. The molecule has 2 aliphatic heterocycles. The fourth-order valence-electron chi connectivity index (χ4n) is 5.10. The highest BCUT2D eigenvalue weighted by molar-refractivity contribution is 6.13. The zero-order valence-electron chi connectivity index (χ0n) is 21.2. The summed E-state index contributed by atoms with van der Waals surface area (Å²) < 4.78 is 0. The third-order valence-electron chi connectivity index (χ3n) is 7.06. The third kappa shape index (κ3) is 4.81. The lowest BCUT2D eigenvalue weighted by Crippen LogP contribution is -2.48. The van der Waals surface area contributed by atoms with E-state index in [0.29, 0.717) is 29.5 Å². The summed E-state index contributed by atoms with van der Waals surface area (Å²) in [5, 5.41) is 0. The maximum atomic E-state index is 14.0. The Kier molecular flexibility index (Phi) is 6.94. The molecule has 5 rings (SSSR count). The van der Waals surface area contributed by atoms with Crippen molar-refractivity contribution in [3.8, 4) is 11.4 Å². The van der Waals surface area contributed by atoms with Gasteiger partial charge in [-0.15, -0.1) is 0 Å². The Balaban J connectivity index is 1.64. The summed E-state index contributed by atoms with van der Waals surface area (Å²) in [7, 11) is 2.10. The molecule has 2 aromatic carbocycles. The highest BCUT2D eigenvalue weighted by Crippen LogP contribution is 2.42. The van der Waals surface area contributed by atoms with Gasteiger partial charge in [0.2, 0.25) is 5.91 Å². The van der Waals surface area contributed by atoms with Crippen molar-refractivity contribution in [1.82, 2.24) is 19.8 Å². The van der Waals surface area contributed by atoms with Crippen LogP contribution in [0.4, 0.5) is 11.5 Å². The molecule has 1 amide bonds. The number of hydrogen-bond donors (Lipinski definition) is 0. The molecule has 0 aliphatic carbocycles. The molecule has 186 valence electrons. The first kappa shape index (κ1) is 24.3. The predicted octanol–water partition coefficient (Wildman–Crippen LogP) is 4.38. The molecule has 0 bridgehead atoms. The van der Waals surface area contributed by atoms with Crippen LogP contribution in [0.5, 0.6) is 0 Å². The van der Waals surface area contributed by atoms with Crippen LogP contribution in [0.2, 0.25) is 0 Å². The summed E-state index contributed by atoms with van der Waals surface area (Å²) >= 11 is 0. The van der Waals surface area contributed by atoms with E-state index < -0.39 is 0 Å². The van der Waals surface area contributed by atoms with Gasteiger partial charge >= 0.3 is 0 Å². The first-order valence-corrected chi connectivity index (χ1v) is 12.7. The second kappa shape index (κ2) is 10.3. The summed E-state index contributed by atoms with van der Waals surface area (Å²) in [4.78, 5) is 43.5. The number of hydrogen-bond acceptors (Lipinski definition) is 6. The average Bonchev–Trinajstić information content (AvgIpc) is 2.98. The normalized spacial score (nSPS) is 18.6. The van der Waals surface area contributed by atoms with E-state index in [0.717, 1.165) is 43.0 Å². The van der Waals surface area contributed by atoms with E-state index in [1.165, 1.54) is 0 Å². The molecule has 0 radical (unpaired) electrons. The highest BCUT2D eigenvalue weighted by atomic mass is 16.2. The molecule has 7 nitrogen and oxygen atoms in total. The van der Waals surface area contributed by atoms with Crippen LogP contribution in [-0.4, -0.2) is 71.2 Å². The quantitative estimate of drug-likeness (QED) is 0.536. The molecule has 1 saturated heterocycles. The van der Waals surface area contributed by atoms with Gasteiger partial charge in [-0.1, -0.05) is 62.4 Å². The van der Waals surface area contributed by atoms with Gasteiger partial charge in [0.1, 0.15) is 0 Å². The summed E-state index contributed by atoms with van der Waals surface area (Å²) in [6.07, 6.45) is 2.30. The number of aromatic nitrogens is 2. The molecular formula is C29H33N5O2. The van der Waals surface area contributed by atoms with Crippen LogP contribution in [0.3, 0.4) is 0 Å². The topological polar surface area (TPSA) is 69.6 Å². The first-order chi connectivity index (χ1) is 17.4. The maximum absolute atomic E-state index is 14.0. The second-order valence-corrected chi connectivity index (χ2v) is 10.2. The van der Waals surface area contributed by atoms with Gasteiger partial charge in [-0.2, -0.15) is 0 Å². The van der Waals surface area contributed by atoms with Crippen LogP contribution in [-0.2, 0) is 4.79 Å². The number of nitrogens with zero attached hydrogens (tertiary/aromatic N) is 5. The molecular weight excluding hydrogens is 450 g/mol. The number of para-hydroxylation sites is 1. The monoisotopic (exact) mass is 483 g/mol. The van der Waals surface area contributed by atoms with Crippen LogP contribution in [0.1, 0.15) is 42.1 Å². The van der Waals surface area contributed by atoms with E-state index in [9.17, 15) is 9.59 Å². The summed E-state index contributed by atoms with van der Waals surface area (Å²) in [6.45, 7) is 8.03. The van der Waals surface area contributed by atoms with Crippen molar-refractivity contribution in [3.63, 3.8) is 0 Å². The largest absolute Gasteiger partial charge is 0.304 e. The number of fused-ring (bicyclic) bond motifs is 2. The van der Waals surface area contributed by atoms with Gasteiger partial charge in [0, 0.05) is 43.9 Å². The van der Waals surface area contributed by atoms with Gasteiger partial charge in [0.15, 0.2) is 17.4 Å². The van der Waals surface area contributed by atoms with E-state index in [1.807, 2.05) is 54.6 Å². The highest BCUT2D eigenvalue weighted by Gasteiger charge is 2.37. The van der Waals surface area contributed by atoms with Gasteiger partial charge in [-0.3, -0.25) is 19.4 Å². The van der Waals surface area contributed by atoms with Crippen molar-refractivity contribution in [3.05, 3.63) is 71.9 Å². The fraction of sp³-hybridized carbons (Fsp3) is 0.379. The van der Waals surface area contributed by atoms with E-state index in [2.05, 4.69) is 35.7 Å². The van der Waals surface area contributed by atoms with Crippen LogP contribution in [0.15, 0.2) is 60.8 Å². The molecule has 1 fully saturated rings. The number of anilines is 2. The summed E-state index contributed by atoms with van der Waals surface area (Å²) in [5.41, 5.74) is 2.87. The Morgan fingerprint density at radius 2 is 1.69 bits per heavy atom. The van der Waals surface area contributed by atoms with E-state index >= 15 is 0 Å². The predicted molar refractivity (Wildman–Crippen MR) is 142 cm³/mol. The van der Waals surface area contributed by atoms with Crippen LogP contribution in [0, 0.1) is 5.92 Å². The third-order valence-corrected chi connectivity index (χ3v) is 7.06. The lowest BCUT2D eigenvalue weighted by molar-refractivity contribution is -0.119. The zero-order chi connectivity index (χ0) is 25.2. The minimum absolute atomic E-state index is 0.0272. The molecule has 1 aromatic heterocycles. The molecule has 0 saturated carbocycles. The second-order valence-electron chi connectivity index (χ2n) is 10.2. The van der Waals surface area contributed by atoms with Gasteiger partial charge in [-0.05, 0) is 31.0 Å². The van der Waals surface area contributed by atoms with E-state index in [1.54, 1.807) is 11.1 Å². The van der Waals surface area contributed by atoms with Crippen molar-refractivity contribution in [2.75, 3.05) is 44.7 Å². The number of carbonyl (C=O) groups excluding carboxylic acids is 2. The number of likely N-dealkylation sites (N-methyl/N-ethyl adjacent to an activating group) is 1. The molecule has 1 atom stereocenters. The number of Topliss-reactive ketones (excluding diaryl/α,β-unsaturated/α-hetero) is 1. The van der Waals surface area contributed by atoms with Crippen molar-refractivity contribution in [1.29, 1.82) is 0 Å². The summed E-state index contributed by atoms with van der Waals surface area (Å²) in [5.74, 6) is 0.732.